The third-order valence-electron chi connectivity index (χ3n) is 5.16. The molecule has 2 rings (SSSR count). The van der Waals surface area contributed by atoms with Crippen molar-refractivity contribution in [1.82, 2.24) is 0 Å². The van der Waals surface area contributed by atoms with Crippen molar-refractivity contribution in [3.8, 4) is 42.5 Å². The minimum Gasteiger partial charge on any atom is -0.192 e. The van der Waals surface area contributed by atoms with Crippen LogP contribution in [0.1, 0.15) is 38.9 Å². The zero-order chi connectivity index (χ0) is 32.7. The maximum atomic E-state index is 14.5. The number of nitrogens with zero attached hydrogens (tertiary/aromatic N) is 7. The molecule has 0 amide bonds. The third-order valence-corrected chi connectivity index (χ3v) is 6.34. The summed E-state index contributed by atoms with van der Waals surface area (Å²) in [6.45, 7) is 0. The average molecular weight is 617 g/mol. The first-order valence-electron chi connectivity index (χ1n) is 9.83. The fourth-order valence-electron chi connectivity index (χ4n) is 3.69. The molecule has 19 heteroatoms. The molecule has 0 aromatic heterocycles. The van der Waals surface area contributed by atoms with Gasteiger partial charge in [0, 0.05) is 10.4 Å². The lowest BCUT2D eigenvalue weighted by Gasteiger charge is -2.41. The first-order valence-corrected chi connectivity index (χ1v) is 11.8. The number of nitriles is 7. The van der Waals surface area contributed by atoms with Gasteiger partial charge in [0.25, 0.3) is 0 Å². The molecule has 42 heavy (non-hydrogen) atoms. The maximum absolute atomic E-state index is 14.5. The van der Waals surface area contributed by atoms with Crippen LogP contribution in [0.5, 0.6) is 0 Å². The Hall–Kier alpha value is -5.81. The first kappa shape index (κ1) is 32.4. The monoisotopic (exact) mass is 617 g/mol. The van der Waals surface area contributed by atoms with Gasteiger partial charge >= 0.3 is 22.6 Å². The van der Waals surface area contributed by atoms with E-state index < -0.39 is 100 Å². The fourth-order valence-corrected chi connectivity index (χ4v) is 4.81. The Morgan fingerprint density at radius 1 is 0.548 bits per heavy atom. The van der Waals surface area contributed by atoms with Gasteiger partial charge in [0.15, 0.2) is 0 Å². The zero-order valence-corrected chi connectivity index (χ0v) is 20.2. The van der Waals surface area contributed by atoms with E-state index in [-0.39, 0.29) is 0 Å². The van der Waals surface area contributed by atoms with Crippen molar-refractivity contribution >= 4 is 21.4 Å². The Kier molecular flexibility index (Phi) is 7.24. The lowest BCUT2D eigenvalue weighted by atomic mass is 9.90. The van der Waals surface area contributed by atoms with Gasteiger partial charge in [-0.05, 0) is 17.7 Å². The van der Waals surface area contributed by atoms with E-state index in [2.05, 4.69) is 0 Å². The molecule has 0 unspecified atom stereocenters. The van der Waals surface area contributed by atoms with Crippen molar-refractivity contribution in [2.24, 2.45) is 0 Å². The van der Waals surface area contributed by atoms with Gasteiger partial charge < -0.3 is 0 Å². The van der Waals surface area contributed by atoms with Crippen LogP contribution >= 0.6 is 10.2 Å². The molecule has 0 atom stereocenters. The van der Waals surface area contributed by atoms with E-state index >= 15 is 0 Å². The van der Waals surface area contributed by atoms with Gasteiger partial charge in [0.05, 0.1) is 39.0 Å². The third kappa shape index (κ3) is 5.58. The van der Waals surface area contributed by atoms with Crippen molar-refractivity contribution in [2.45, 2.75) is 17.2 Å². The van der Waals surface area contributed by atoms with Crippen LogP contribution in [0.2, 0.25) is 0 Å². The van der Waals surface area contributed by atoms with Crippen molar-refractivity contribution < 1.29 is 45.8 Å². The van der Waals surface area contributed by atoms with Crippen LogP contribution in [0.15, 0.2) is 17.0 Å². The summed E-state index contributed by atoms with van der Waals surface area (Å²) in [4.78, 5) is -3.53. The van der Waals surface area contributed by atoms with Crippen LogP contribution in [-0.2, 0) is 12.4 Å². The van der Waals surface area contributed by atoms with Crippen molar-refractivity contribution in [3.05, 3.63) is 61.5 Å². The highest BCUT2D eigenvalue weighted by atomic mass is 32.5. The first-order chi connectivity index (χ1) is 19.0. The topological polar surface area (TPSA) is 167 Å². The standard InChI is InChI=1S/C23H2F11N7S/c24-22(25,26)17-1-10(2-18(15(17)8-40)23(27,28)29)12(5-37)20-14(7-39)13(6-38)19(11(3-35)4-36)16(9-41)21(20)42(30,31,32,33)34/h1-2H/b20-12-. The summed E-state index contributed by atoms with van der Waals surface area (Å²) < 4.78 is 154. The summed E-state index contributed by atoms with van der Waals surface area (Å²) in [5, 5.41) is 61.0. The molecule has 0 heterocycles. The van der Waals surface area contributed by atoms with Crippen molar-refractivity contribution in [1.29, 1.82) is 36.8 Å². The minimum absolute atomic E-state index is 0.462. The molecule has 7 nitrogen and oxygen atoms in total. The van der Waals surface area contributed by atoms with Crippen molar-refractivity contribution in [2.75, 3.05) is 0 Å². The van der Waals surface area contributed by atoms with E-state index in [9.17, 15) is 66.8 Å². The summed E-state index contributed by atoms with van der Waals surface area (Å²) in [5.41, 5.74) is -18.5. The quantitative estimate of drug-likeness (QED) is 0.385. The number of benzene rings is 2. The molecule has 0 aliphatic rings. The highest BCUT2D eigenvalue weighted by molar-refractivity contribution is 8.45. The Bertz CT molecular complexity index is 1960. The predicted octanol–water partition coefficient (Wildman–Crippen LogP) is 5.79. The second kappa shape index (κ2) is 9.39. The summed E-state index contributed by atoms with van der Waals surface area (Å²) in [5.74, 6) is 0. The average Bonchev–Trinajstić information content (AvgIpc) is 2.86. The summed E-state index contributed by atoms with van der Waals surface area (Å²) in [6.07, 6.45) is -11.7. The second-order valence-corrected chi connectivity index (χ2v) is 9.99. The van der Waals surface area contributed by atoms with E-state index in [1.54, 1.807) is 0 Å². The van der Waals surface area contributed by atoms with Gasteiger partial charge in [-0.2, -0.15) is 63.2 Å². The van der Waals surface area contributed by atoms with Gasteiger partial charge in [0.1, 0.15) is 53.0 Å². The van der Waals surface area contributed by atoms with E-state index in [1.165, 1.54) is 0 Å². The SMILES string of the molecule is N#CC(C#N)=c1c(C#N)c(C#N)/c(=C(\C#N)c2cc(C(F)(F)F)c(C#N)c(C(F)(F)F)c2)c(S(F)(F)(F)(F)F)c1C#N. The number of halogens is 11. The molecule has 0 aliphatic heterocycles. The Morgan fingerprint density at radius 3 is 1.21 bits per heavy atom. The number of hydrogen-bond acceptors (Lipinski definition) is 7. The Balaban J connectivity index is 3.82. The zero-order valence-electron chi connectivity index (χ0n) is 19.4. The summed E-state index contributed by atoms with van der Waals surface area (Å²) in [6, 6.07) is 4.60. The van der Waals surface area contributed by atoms with E-state index in [0.717, 1.165) is 24.3 Å². The fraction of sp³-hybridized carbons (Fsp3) is 0.0870. The van der Waals surface area contributed by atoms with E-state index in [1.807, 2.05) is 0 Å². The van der Waals surface area contributed by atoms with Crippen LogP contribution in [0.25, 0.3) is 11.1 Å². The Morgan fingerprint density at radius 2 is 0.929 bits per heavy atom. The number of rotatable bonds is 2. The number of alkyl halides is 6. The smallest absolute Gasteiger partial charge is 0.192 e. The Labute approximate surface area is 225 Å². The van der Waals surface area contributed by atoms with E-state index in [0.29, 0.717) is 18.2 Å². The highest BCUT2D eigenvalue weighted by Gasteiger charge is 2.68. The van der Waals surface area contributed by atoms with Crippen LogP contribution in [0.3, 0.4) is 0 Å². The van der Waals surface area contributed by atoms with Crippen LogP contribution in [-0.4, -0.2) is 0 Å². The van der Waals surface area contributed by atoms with E-state index in [4.69, 9.17) is 15.8 Å². The summed E-state index contributed by atoms with van der Waals surface area (Å²) >= 11 is 0. The molecule has 0 N–H and O–H groups in total. The predicted molar refractivity (Wildman–Crippen MR) is 115 cm³/mol. The van der Waals surface area contributed by atoms with Gasteiger partial charge in [-0.1, -0.05) is 19.4 Å². The molecule has 0 saturated heterocycles. The van der Waals surface area contributed by atoms with Crippen LogP contribution < -0.4 is 10.4 Å². The molecule has 0 fully saturated rings. The largest absolute Gasteiger partial charge is 0.417 e. The molecule has 0 saturated carbocycles. The van der Waals surface area contributed by atoms with Gasteiger partial charge in [-0.15, -0.1) is 0 Å². The van der Waals surface area contributed by atoms with Gasteiger partial charge in [0.2, 0.25) is 0 Å². The lowest BCUT2D eigenvalue weighted by molar-refractivity contribution is -0.143. The van der Waals surface area contributed by atoms with Gasteiger partial charge in [-0.3, -0.25) is 0 Å². The summed E-state index contributed by atoms with van der Waals surface area (Å²) in [7, 11) is -11.5. The molecular weight excluding hydrogens is 615 g/mol. The second-order valence-electron chi connectivity index (χ2n) is 7.65. The van der Waals surface area contributed by atoms with Gasteiger partial charge in [-0.25, -0.2) is 0 Å². The lowest BCUT2D eigenvalue weighted by Crippen LogP contribution is -2.34. The molecule has 2 aromatic rings. The molecule has 0 aliphatic carbocycles. The minimum atomic E-state index is -11.5. The van der Waals surface area contributed by atoms with Crippen LogP contribution in [0, 0.1) is 79.3 Å². The highest BCUT2D eigenvalue weighted by Crippen LogP contribution is 3.01. The molecule has 0 spiro atoms. The number of hydrogen-bond donors (Lipinski definition) is 0. The molecule has 212 valence electrons. The maximum Gasteiger partial charge on any atom is 0.417 e. The molecular formula is C23H2F11N7S. The molecule has 0 bridgehead atoms. The van der Waals surface area contributed by atoms with Crippen molar-refractivity contribution in [3.63, 3.8) is 0 Å². The van der Waals surface area contributed by atoms with Crippen LogP contribution in [0.4, 0.5) is 45.8 Å². The molecule has 2 aromatic carbocycles. The normalized spacial score (nSPS) is 13.7. The molecule has 0 radical (unpaired) electrons.